The van der Waals surface area contributed by atoms with Gasteiger partial charge in [0.1, 0.15) is 4.92 Å². The Morgan fingerprint density at radius 3 is 2.73 bits per heavy atom. The SMILES string of the molecule is O=C(Nc1cccc2ccc(=O)[nH]c12)c1ccc([N+](=O)[O-])o1. The largest absolute Gasteiger partial charge is 0.433 e. The van der Waals surface area contributed by atoms with Crippen LogP contribution in [0.4, 0.5) is 11.6 Å². The van der Waals surface area contributed by atoms with Gasteiger partial charge in [-0.05, 0) is 18.2 Å². The molecule has 22 heavy (non-hydrogen) atoms. The lowest BCUT2D eigenvalue weighted by atomic mass is 10.2. The summed E-state index contributed by atoms with van der Waals surface area (Å²) >= 11 is 0. The van der Waals surface area contributed by atoms with Gasteiger partial charge in [-0.3, -0.25) is 19.7 Å². The third kappa shape index (κ3) is 2.44. The molecule has 8 nitrogen and oxygen atoms in total. The number of pyridine rings is 1. The van der Waals surface area contributed by atoms with Crippen LogP contribution >= 0.6 is 0 Å². The minimum atomic E-state index is -0.730. The van der Waals surface area contributed by atoms with Gasteiger partial charge in [0, 0.05) is 11.5 Å². The van der Waals surface area contributed by atoms with E-state index < -0.39 is 16.7 Å². The van der Waals surface area contributed by atoms with Crippen molar-refractivity contribution in [3.05, 3.63) is 68.7 Å². The van der Waals surface area contributed by atoms with Crippen molar-refractivity contribution in [1.29, 1.82) is 0 Å². The van der Waals surface area contributed by atoms with Crippen LogP contribution in [0.25, 0.3) is 10.9 Å². The van der Waals surface area contributed by atoms with Crippen LogP contribution in [0.3, 0.4) is 0 Å². The molecule has 1 amide bonds. The Morgan fingerprint density at radius 2 is 2.00 bits per heavy atom. The van der Waals surface area contributed by atoms with E-state index in [0.29, 0.717) is 11.2 Å². The first-order valence-corrected chi connectivity index (χ1v) is 6.22. The first-order chi connectivity index (χ1) is 10.5. The fourth-order valence-electron chi connectivity index (χ4n) is 2.01. The molecule has 0 radical (unpaired) electrons. The van der Waals surface area contributed by atoms with Crippen molar-refractivity contribution >= 4 is 28.4 Å². The van der Waals surface area contributed by atoms with Gasteiger partial charge in [0.25, 0.3) is 5.91 Å². The first kappa shape index (κ1) is 13.6. The quantitative estimate of drug-likeness (QED) is 0.568. The van der Waals surface area contributed by atoms with Crippen LogP contribution in [0.15, 0.2) is 51.7 Å². The Kier molecular flexibility index (Phi) is 3.18. The summed E-state index contributed by atoms with van der Waals surface area (Å²) in [6, 6.07) is 10.4. The molecule has 0 saturated carbocycles. The number of anilines is 1. The van der Waals surface area contributed by atoms with Crippen LogP contribution < -0.4 is 10.9 Å². The maximum Gasteiger partial charge on any atom is 0.433 e. The number of fused-ring (bicyclic) bond motifs is 1. The molecular formula is C14H9N3O5. The van der Waals surface area contributed by atoms with Crippen molar-refractivity contribution in [2.45, 2.75) is 0 Å². The molecule has 0 aliphatic heterocycles. The molecule has 110 valence electrons. The maximum absolute atomic E-state index is 12.1. The first-order valence-electron chi connectivity index (χ1n) is 6.22. The fourth-order valence-corrected chi connectivity index (χ4v) is 2.01. The summed E-state index contributed by atoms with van der Waals surface area (Å²) in [5, 5.41) is 13.8. The second kappa shape index (κ2) is 5.17. The number of hydrogen-bond acceptors (Lipinski definition) is 5. The third-order valence-electron chi connectivity index (χ3n) is 3.00. The Labute approximate surface area is 122 Å². The number of amides is 1. The number of aromatic amines is 1. The van der Waals surface area contributed by atoms with Crippen molar-refractivity contribution in [1.82, 2.24) is 4.98 Å². The monoisotopic (exact) mass is 299 g/mol. The molecule has 3 aromatic rings. The van der Waals surface area contributed by atoms with Crippen LogP contribution in [0, 0.1) is 10.1 Å². The highest BCUT2D eigenvalue weighted by Gasteiger charge is 2.18. The number of rotatable bonds is 3. The number of carbonyl (C=O) groups is 1. The maximum atomic E-state index is 12.1. The molecule has 0 unspecified atom stereocenters. The topological polar surface area (TPSA) is 118 Å². The minimum Gasteiger partial charge on any atom is -0.395 e. The van der Waals surface area contributed by atoms with Crippen LogP contribution in [-0.4, -0.2) is 15.8 Å². The predicted molar refractivity (Wildman–Crippen MR) is 77.9 cm³/mol. The molecule has 8 heteroatoms. The lowest BCUT2D eigenvalue weighted by Gasteiger charge is -2.06. The normalized spacial score (nSPS) is 10.5. The van der Waals surface area contributed by atoms with E-state index in [0.717, 1.165) is 11.5 Å². The molecule has 2 heterocycles. The van der Waals surface area contributed by atoms with Gasteiger partial charge in [-0.25, -0.2) is 0 Å². The second-order valence-corrected chi connectivity index (χ2v) is 4.44. The number of aromatic nitrogens is 1. The van der Waals surface area contributed by atoms with Crippen LogP contribution in [0.5, 0.6) is 0 Å². The molecule has 0 atom stereocenters. The highest BCUT2D eigenvalue weighted by atomic mass is 16.6. The highest BCUT2D eigenvalue weighted by molar-refractivity contribution is 6.06. The van der Waals surface area contributed by atoms with E-state index in [1.807, 2.05) is 0 Å². The molecule has 0 spiro atoms. The summed E-state index contributed by atoms with van der Waals surface area (Å²) in [6.45, 7) is 0. The second-order valence-electron chi connectivity index (χ2n) is 4.44. The third-order valence-corrected chi connectivity index (χ3v) is 3.00. The van der Waals surface area contributed by atoms with Gasteiger partial charge in [-0.1, -0.05) is 12.1 Å². The Hall–Kier alpha value is -3.42. The summed E-state index contributed by atoms with van der Waals surface area (Å²) in [5.74, 6) is -1.36. The van der Waals surface area contributed by atoms with Gasteiger partial charge in [-0.15, -0.1) is 0 Å². The smallest absolute Gasteiger partial charge is 0.395 e. The van der Waals surface area contributed by atoms with Crippen LogP contribution in [0.2, 0.25) is 0 Å². The lowest BCUT2D eigenvalue weighted by Crippen LogP contribution is -2.12. The van der Waals surface area contributed by atoms with E-state index in [1.54, 1.807) is 24.3 Å². The Balaban J connectivity index is 1.95. The number of hydrogen-bond donors (Lipinski definition) is 2. The molecular weight excluding hydrogens is 290 g/mol. The number of benzene rings is 1. The molecule has 0 aliphatic rings. The molecule has 0 fully saturated rings. The van der Waals surface area contributed by atoms with Gasteiger partial charge in [0.05, 0.1) is 17.3 Å². The van der Waals surface area contributed by atoms with E-state index in [2.05, 4.69) is 10.3 Å². The molecule has 0 aliphatic carbocycles. The molecule has 3 rings (SSSR count). The van der Waals surface area contributed by atoms with E-state index in [-0.39, 0.29) is 11.3 Å². The molecule has 1 aromatic carbocycles. The molecule has 0 saturated heterocycles. The van der Waals surface area contributed by atoms with Crippen molar-refractivity contribution in [2.24, 2.45) is 0 Å². The van der Waals surface area contributed by atoms with Gasteiger partial charge >= 0.3 is 5.88 Å². The minimum absolute atomic E-state index is 0.193. The summed E-state index contributed by atoms with van der Waals surface area (Å²) in [4.78, 5) is 35.9. The number of H-pyrrole nitrogens is 1. The van der Waals surface area contributed by atoms with Gasteiger partial charge < -0.3 is 14.7 Å². The molecule has 0 bridgehead atoms. The number of carbonyl (C=O) groups excluding carboxylic acids is 1. The zero-order chi connectivity index (χ0) is 15.7. The number of furan rings is 1. The number of nitrogens with zero attached hydrogens (tertiary/aromatic N) is 1. The average molecular weight is 299 g/mol. The number of nitro groups is 1. The molecule has 2 aromatic heterocycles. The lowest BCUT2D eigenvalue weighted by molar-refractivity contribution is -0.402. The summed E-state index contributed by atoms with van der Waals surface area (Å²) in [7, 11) is 0. The van der Waals surface area contributed by atoms with E-state index >= 15 is 0 Å². The Bertz CT molecular complexity index is 941. The Morgan fingerprint density at radius 1 is 1.18 bits per heavy atom. The molecule has 2 N–H and O–H groups in total. The zero-order valence-electron chi connectivity index (χ0n) is 11.0. The summed E-state index contributed by atoms with van der Waals surface area (Å²) < 4.78 is 4.83. The standard InChI is InChI=1S/C14H9N3O5/c18-11-6-4-8-2-1-3-9(13(8)16-11)15-14(19)10-5-7-12(22-10)17(20)21/h1-7H,(H,15,19)(H,16,18). The predicted octanol–water partition coefficient (Wildman–Crippen LogP) is 2.28. The summed E-state index contributed by atoms with van der Waals surface area (Å²) in [6.07, 6.45) is 0. The number of nitrogens with one attached hydrogen (secondary N) is 2. The van der Waals surface area contributed by atoms with Gasteiger partial charge in [0.15, 0.2) is 5.76 Å². The van der Waals surface area contributed by atoms with Crippen LogP contribution in [0.1, 0.15) is 10.6 Å². The van der Waals surface area contributed by atoms with E-state index in [4.69, 9.17) is 4.42 Å². The van der Waals surface area contributed by atoms with Crippen LogP contribution in [-0.2, 0) is 0 Å². The van der Waals surface area contributed by atoms with Gasteiger partial charge in [-0.2, -0.15) is 0 Å². The van der Waals surface area contributed by atoms with Crippen molar-refractivity contribution < 1.29 is 14.1 Å². The van der Waals surface area contributed by atoms with E-state index in [9.17, 15) is 19.7 Å². The number of para-hydroxylation sites is 1. The van der Waals surface area contributed by atoms with Crippen molar-refractivity contribution in [2.75, 3.05) is 5.32 Å². The highest BCUT2D eigenvalue weighted by Crippen LogP contribution is 2.22. The van der Waals surface area contributed by atoms with Gasteiger partial charge in [0.2, 0.25) is 5.56 Å². The van der Waals surface area contributed by atoms with Crippen molar-refractivity contribution in [3.63, 3.8) is 0 Å². The zero-order valence-corrected chi connectivity index (χ0v) is 11.0. The van der Waals surface area contributed by atoms with E-state index in [1.165, 1.54) is 12.1 Å². The average Bonchev–Trinajstić information content (AvgIpc) is 2.98. The summed E-state index contributed by atoms with van der Waals surface area (Å²) in [5.41, 5.74) is 0.534. The fraction of sp³-hybridized carbons (Fsp3) is 0. The van der Waals surface area contributed by atoms with Crippen molar-refractivity contribution in [3.8, 4) is 0 Å².